The highest BCUT2D eigenvalue weighted by molar-refractivity contribution is 9.10. The fourth-order valence-corrected chi connectivity index (χ4v) is 4.57. The van der Waals surface area contributed by atoms with Crippen molar-refractivity contribution >= 4 is 26.0 Å². The zero-order chi connectivity index (χ0) is 18.4. The van der Waals surface area contributed by atoms with E-state index in [4.69, 9.17) is 0 Å². The zero-order valence-electron chi connectivity index (χ0n) is 14.8. The van der Waals surface area contributed by atoms with Crippen LogP contribution in [0.5, 0.6) is 0 Å². The van der Waals surface area contributed by atoms with Crippen LogP contribution in [0.4, 0.5) is 0 Å². The van der Waals surface area contributed by atoms with Crippen molar-refractivity contribution in [2.75, 3.05) is 13.1 Å². The number of hydrogen-bond donors (Lipinski definition) is 1. The van der Waals surface area contributed by atoms with E-state index in [2.05, 4.69) is 37.7 Å². The molecule has 0 aliphatic carbocycles. The van der Waals surface area contributed by atoms with E-state index in [9.17, 15) is 8.42 Å². The van der Waals surface area contributed by atoms with Gasteiger partial charge in [0, 0.05) is 17.6 Å². The summed E-state index contributed by atoms with van der Waals surface area (Å²) in [5.41, 5.74) is 3.04. The van der Waals surface area contributed by atoms with Gasteiger partial charge in [-0.15, -0.1) is 0 Å². The Bertz CT molecular complexity index is 799. The standard InChI is InChI=1S/C20H25BrN2O2S/c21-20-10-8-19(9-11-20)16-26(24,25)22-14-17-4-6-18(7-5-17)15-23-12-2-1-3-13-23/h4-11,22H,1-3,12-16H2. The number of benzene rings is 2. The fourth-order valence-electron chi connectivity index (χ4n) is 3.18. The topological polar surface area (TPSA) is 49.4 Å². The van der Waals surface area contributed by atoms with Crippen molar-refractivity contribution in [2.45, 2.75) is 38.1 Å². The molecule has 4 nitrogen and oxygen atoms in total. The lowest BCUT2D eigenvalue weighted by Gasteiger charge is -2.26. The summed E-state index contributed by atoms with van der Waals surface area (Å²) in [5, 5.41) is 0. The summed E-state index contributed by atoms with van der Waals surface area (Å²) in [6.07, 6.45) is 3.92. The van der Waals surface area contributed by atoms with Crippen LogP contribution in [0.1, 0.15) is 36.0 Å². The average Bonchev–Trinajstić information content (AvgIpc) is 2.64. The highest BCUT2D eigenvalue weighted by Crippen LogP contribution is 2.15. The van der Waals surface area contributed by atoms with Gasteiger partial charge in [0.05, 0.1) is 5.75 Å². The van der Waals surface area contributed by atoms with Crippen LogP contribution in [0.3, 0.4) is 0 Å². The van der Waals surface area contributed by atoms with Gasteiger partial charge < -0.3 is 0 Å². The smallest absolute Gasteiger partial charge is 0.216 e. The Labute approximate surface area is 164 Å². The van der Waals surface area contributed by atoms with E-state index in [1.54, 1.807) is 0 Å². The zero-order valence-corrected chi connectivity index (χ0v) is 17.2. The van der Waals surface area contributed by atoms with Crippen molar-refractivity contribution in [3.63, 3.8) is 0 Å². The number of rotatable bonds is 7. The minimum atomic E-state index is -3.35. The van der Waals surface area contributed by atoms with Gasteiger partial charge in [0.2, 0.25) is 10.0 Å². The van der Waals surface area contributed by atoms with Crippen molar-refractivity contribution in [1.82, 2.24) is 9.62 Å². The third-order valence-corrected chi connectivity index (χ3v) is 6.47. The van der Waals surface area contributed by atoms with E-state index >= 15 is 0 Å². The number of likely N-dealkylation sites (tertiary alicyclic amines) is 1. The molecule has 0 atom stereocenters. The molecule has 140 valence electrons. The van der Waals surface area contributed by atoms with Crippen molar-refractivity contribution in [2.24, 2.45) is 0 Å². The Balaban J connectivity index is 1.51. The lowest BCUT2D eigenvalue weighted by atomic mass is 10.1. The SMILES string of the molecule is O=S(=O)(Cc1ccc(Br)cc1)NCc1ccc(CN2CCCCC2)cc1. The van der Waals surface area contributed by atoms with Crippen LogP contribution in [-0.2, 0) is 28.9 Å². The normalized spacial score (nSPS) is 15.9. The number of nitrogens with one attached hydrogen (secondary N) is 1. The lowest BCUT2D eigenvalue weighted by Crippen LogP contribution is -2.29. The van der Waals surface area contributed by atoms with E-state index in [1.165, 1.54) is 37.9 Å². The van der Waals surface area contributed by atoms with E-state index in [0.29, 0.717) is 6.54 Å². The molecule has 2 aromatic carbocycles. The maximum atomic E-state index is 12.3. The van der Waals surface area contributed by atoms with Gasteiger partial charge in [-0.25, -0.2) is 13.1 Å². The molecule has 1 heterocycles. The molecule has 1 saturated heterocycles. The largest absolute Gasteiger partial charge is 0.299 e. The van der Waals surface area contributed by atoms with Gasteiger partial charge in [-0.2, -0.15) is 0 Å². The summed E-state index contributed by atoms with van der Waals surface area (Å²) < 4.78 is 28.1. The third kappa shape index (κ3) is 6.20. The molecule has 1 N–H and O–H groups in total. The summed E-state index contributed by atoms with van der Waals surface area (Å²) in [6.45, 7) is 3.66. The van der Waals surface area contributed by atoms with Crippen molar-refractivity contribution in [1.29, 1.82) is 0 Å². The molecule has 0 aromatic heterocycles. The molecule has 0 radical (unpaired) electrons. The Kier molecular flexibility index (Phi) is 6.86. The summed E-state index contributed by atoms with van der Waals surface area (Å²) >= 11 is 3.36. The minimum Gasteiger partial charge on any atom is -0.299 e. The first-order chi connectivity index (χ1) is 12.5. The highest BCUT2D eigenvalue weighted by atomic mass is 79.9. The molecule has 0 amide bonds. The lowest BCUT2D eigenvalue weighted by molar-refractivity contribution is 0.221. The number of piperidine rings is 1. The summed E-state index contributed by atoms with van der Waals surface area (Å²) in [7, 11) is -3.35. The van der Waals surface area contributed by atoms with Crippen molar-refractivity contribution in [3.05, 3.63) is 69.7 Å². The maximum absolute atomic E-state index is 12.3. The summed E-state index contributed by atoms with van der Waals surface area (Å²) in [4.78, 5) is 2.49. The van der Waals surface area contributed by atoms with E-state index in [1.807, 2.05) is 36.4 Å². The van der Waals surface area contributed by atoms with Gasteiger partial charge >= 0.3 is 0 Å². The molecule has 0 bridgehead atoms. The molecule has 1 aliphatic rings. The van der Waals surface area contributed by atoms with Gasteiger partial charge in [-0.05, 0) is 54.8 Å². The molecule has 0 spiro atoms. The van der Waals surface area contributed by atoms with Crippen LogP contribution < -0.4 is 4.72 Å². The van der Waals surface area contributed by atoms with Gasteiger partial charge in [0.1, 0.15) is 0 Å². The molecule has 26 heavy (non-hydrogen) atoms. The second-order valence-electron chi connectivity index (χ2n) is 6.86. The first-order valence-electron chi connectivity index (χ1n) is 9.02. The van der Waals surface area contributed by atoms with Gasteiger partial charge in [-0.3, -0.25) is 4.90 Å². The summed E-state index contributed by atoms with van der Waals surface area (Å²) in [6, 6.07) is 15.6. The molecule has 1 aliphatic heterocycles. The minimum absolute atomic E-state index is 0.00662. The quantitative estimate of drug-likeness (QED) is 0.711. The van der Waals surface area contributed by atoms with E-state index < -0.39 is 10.0 Å². The van der Waals surface area contributed by atoms with E-state index in [-0.39, 0.29) is 5.75 Å². The van der Waals surface area contributed by atoms with Gasteiger partial charge in [0.15, 0.2) is 0 Å². The molecule has 2 aromatic rings. The Morgan fingerprint density at radius 3 is 2.08 bits per heavy atom. The predicted octanol–water partition coefficient (Wildman–Crippen LogP) is 4.05. The second kappa shape index (κ2) is 9.13. The molecular weight excluding hydrogens is 412 g/mol. The van der Waals surface area contributed by atoms with Crippen LogP contribution in [0.25, 0.3) is 0 Å². The van der Waals surface area contributed by atoms with Crippen molar-refractivity contribution in [3.8, 4) is 0 Å². The Morgan fingerprint density at radius 2 is 1.42 bits per heavy atom. The average molecular weight is 437 g/mol. The molecule has 0 unspecified atom stereocenters. The molecule has 6 heteroatoms. The Hall–Kier alpha value is -1.21. The number of hydrogen-bond acceptors (Lipinski definition) is 3. The van der Waals surface area contributed by atoms with Crippen LogP contribution in [0, 0.1) is 0 Å². The first kappa shape index (κ1) is 19.5. The van der Waals surface area contributed by atoms with Crippen LogP contribution >= 0.6 is 15.9 Å². The predicted molar refractivity (Wildman–Crippen MR) is 109 cm³/mol. The highest BCUT2D eigenvalue weighted by Gasteiger charge is 2.12. The second-order valence-corrected chi connectivity index (χ2v) is 9.58. The van der Waals surface area contributed by atoms with Gasteiger partial charge in [0.25, 0.3) is 0 Å². The number of sulfonamides is 1. The monoisotopic (exact) mass is 436 g/mol. The van der Waals surface area contributed by atoms with Crippen LogP contribution in [-0.4, -0.2) is 26.4 Å². The molecular formula is C20H25BrN2O2S. The first-order valence-corrected chi connectivity index (χ1v) is 11.5. The Morgan fingerprint density at radius 1 is 0.846 bits per heavy atom. The number of nitrogens with zero attached hydrogens (tertiary/aromatic N) is 1. The third-order valence-electron chi connectivity index (χ3n) is 4.64. The molecule has 3 rings (SSSR count). The molecule has 1 fully saturated rings. The van der Waals surface area contributed by atoms with Gasteiger partial charge in [-0.1, -0.05) is 58.7 Å². The van der Waals surface area contributed by atoms with E-state index in [0.717, 1.165) is 22.1 Å². The fraction of sp³-hybridized carbons (Fsp3) is 0.400. The number of halogens is 1. The maximum Gasteiger partial charge on any atom is 0.216 e. The van der Waals surface area contributed by atoms with Crippen LogP contribution in [0.2, 0.25) is 0 Å². The summed E-state index contributed by atoms with van der Waals surface area (Å²) in [5.74, 6) is -0.00662. The van der Waals surface area contributed by atoms with Crippen molar-refractivity contribution < 1.29 is 8.42 Å². The molecule has 0 saturated carbocycles. The van der Waals surface area contributed by atoms with Crippen LogP contribution in [0.15, 0.2) is 53.0 Å².